The van der Waals surface area contributed by atoms with Crippen molar-refractivity contribution in [3.8, 4) is 11.5 Å². The molecule has 0 heterocycles. The van der Waals surface area contributed by atoms with Crippen LogP contribution in [0.2, 0.25) is 0 Å². The van der Waals surface area contributed by atoms with Crippen molar-refractivity contribution in [2.75, 3.05) is 13.7 Å². The maximum Gasteiger partial charge on any atom is 0.261 e. The summed E-state index contributed by atoms with van der Waals surface area (Å²) in [4.78, 5) is 28.0. The maximum absolute atomic E-state index is 13.3. The highest BCUT2D eigenvalue weighted by Gasteiger charge is 2.29. The maximum atomic E-state index is 13.3. The number of benzene rings is 2. The van der Waals surface area contributed by atoms with Crippen molar-refractivity contribution >= 4 is 27.7 Å². The summed E-state index contributed by atoms with van der Waals surface area (Å²) in [5.74, 6) is 0.888. The van der Waals surface area contributed by atoms with Crippen molar-refractivity contribution in [3.05, 3.63) is 58.1 Å². The number of carbonyl (C=O) groups excluding carboxylic acids is 2. The van der Waals surface area contributed by atoms with Gasteiger partial charge in [0.15, 0.2) is 6.61 Å². The van der Waals surface area contributed by atoms with Crippen molar-refractivity contribution in [2.45, 2.75) is 65.6 Å². The summed E-state index contributed by atoms with van der Waals surface area (Å²) in [7, 11) is 1.60. The minimum Gasteiger partial charge on any atom is -0.497 e. The summed E-state index contributed by atoms with van der Waals surface area (Å²) >= 11 is 3.52. The first-order valence-corrected chi connectivity index (χ1v) is 12.3. The van der Waals surface area contributed by atoms with Gasteiger partial charge < -0.3 is 19.7 Å². The van der Waals surface area contributed by atoms with Crippen molar-refractivity contribution < 1.29 is 19.1 Å². The number of methoxy groups -OCH3 is 1. The van der Waals surface area contributed by atoms with Crippen LogP contribution in [0.25, 0.3) is 0 Å². The van der Waals surface area contributed by atoms with Gasteiger partial charge in [0.2, 0.25) is 5.91 Å². The first kappa shape index (κ1) is 26.7. The number of aryl methyl sites for hydroxylation is 1. The average molecular weight is 519 g/mol. The van der Waals surface area contributed by atoms with Gasteiger partial charge in [0.1, 0.15) is 17.5 Å². The third kappa shape index (κ3) is 7.77. The Morgan fingerprint density at radius 1 is 1.06 bits per heavy atom. The van der Waals surface area contributed by atoms with E-state index in [4.69, 9.17) is 9.47 Å². The van der Waals surface area contributed by atoms with Crippen LogP contribution in [-0.2, 0) is 22.6 Å². The molecule has 0 aliphatic heterocycles. The molecule has 2 atom stereocenters. The van der Waals surface area contributed by atoms with Crippen molar-refractivity contribution in [2.24, 2.45) is 0 Å². The normalized spacial score (nSPS) is 12.5. The Balaban J connectivity index is 2.25. The molecule has 2 aromatic carbocycles. The second kappa shape index (κ2) is 13.2. The lowest BCUT2D eigenvalue weighted by molar-refractivity contribution is -0.143. The minimum absolute atomic E-state index is 0.0320. The number of rotatable bonds is 12. The second-order valence-corrected chi connectivity index (χ2v) is 8.88. The topological polar surface area (TPSA) is 67.9 Å². The molecule has 0 radical (unpaired) electrons. The number of nitrogens with one attached hydrogen (secondary N) is 1. The van der Waals surface area contributed by atoms with Crippen molar-refractivity contribution in [1.82, 2.24) is 10.2 Å². The minimum atomic E-state index is -0.604. The third-order valence-electron chi connectivity index (χ3n) is 5.63. The van der Waals surface area contributed by atoms with E-state index < -0.39 is 6.04 Å². The molecule has 0 saturated carbocycles. The van der Waals surface area contributed by atoms with Crippen LogP contribution in [0.15, 0.2) is 46.9 Å². The zero-order chi connectivity index (χ0) is 24.4. The summed E-state index contributed by atoms with van der Waals surface area (Å²) in [6.07, 6.45) is 2.22. The number of nitrogens with zero attached hydrogens (tertiary/aromatic N) is 1. The van der Waals surface area contributed by atoms with Gasteiger partial charge in [0.05, 0.1) is 11.6 Å². The molecular formula is C26H35BrN2O4. The standard InChI is InChI=1S/C26H35BrN2O4/c1-6-18(4)28-26(31)23(8-3)29(16-20-10-9-11-21(14-20)32-5)25(30)17-33-24-13-12-19(7-2)15-22(24)27/h9-15,18,23H,6-8,16-17H2,1-5H3,(H,28,31)/t18-,23-/m0/s1. The van der Waals surface area contributed by atoms with Crippen LogP contribution in [-0.4, -0.2) is 42.5 Å². The smallest absolute Gasteiger partial charge is 0.261 e. The van der Waals surface area contributed by atoms with Crippen LogP contribution in [0.4, 0.5) is 0 Å². The van der Waals surface area contributed by atoms with E-state index in [0.29, 0.717) is 17.9 Å². The number of halogens is 1. The molecule has 0 aliphatic carbocycles. The molecule has 180 valence electrons. The molecule has 0 aromatic heterocycles. The molecule has 0 saturated heterocycles. The summed E-state index contributed by atoms with van der Waals surface area (Å²) in [6, 6.07) is 12.8. The Labute approximate surface area is 205 Å². The van der Waals surface area contributed by atoms with E-state index in [0.717, 1.165) is 22.9 Å². The molecule has 0 unspecified atom stereocenters. The highest BCUT2D eigenvalue weighted by atomic mass is 79.9. The highest BCUT2D eigenvalue weighted by molar-refractivity contribution is 9.10. The van der Waals surface area contributed by atoms with Crippen LogP contribution in [0.5, 0.6) is 11.5 Å². The van der Waals surface area contributed by atoms with E-state index in [-0.39, 0.29) is 31.0 Å². The summed E-state index contributed by atoms with van der Waals surface area (Å²) in [6.45, 7) is 8.08. The quantitative estimate of drug-likeness (QED) is 0.423. The van der Waals surface area contributed by atoms with Gasteiger partial charge in [-0.15, -0.1) is 0 Å². The summed E-state index contributed by atoms with van der Waals surface area (Å²) in [5.41, 5.74) is 2.05. The Morgan fingerprint density at radius 3 is 2.42 bits per heavy atom. The van der Waals surface area contributed by atoms with Gasteiger partial charge in [0, 0.05) is 12.6 Å². The number of hydrogen-bond donors (Lipinski definition) is 1. The van der Waals surface area contributed by atoms with E-state index in [1.54, 1.807) is 12.0 Å². The zero-order valence-corrected chi connectivity index (χ0v) is 21.8. The molecule has 2 aromatic rings. The summed E-state index contributed by atoms with van der Waals surface area (Å²) in [5, 5.41) is 3.01. The van der Waals surface area contributed by atoms with Crippen LogP contribution in [0, 0.1) is 0 Å². The first-order chi connectivity index (χ1) is 15.8. The Bertz CT molecular complexity index is 934. The lowest BCUT2D eigenvalue weighted by atomic mass is 10.1. The van der Waals surface area contributed by atoms with E-state index in [2.05, 4.69) is 28.2 Å². The van der Waals surface area contributed by atoms with Crippen LogP contribution >= 0.6 is 15.9 Å². The van der Waals surface area contributed by atoms with Gasteiger partial charge in [-0.05, 0) is 77.5 Å². The molecular weight excluding hydrogens is 484 g/mol. The van der Waals surface area contributed by atoms with Gasteiger partial charge in [-0.3, -0.25) is 9.59 Å². The third-order valence-corrected chi connectivity index (χ3v) is 6.25. The van der Waals surface area contributed by atoms with Crippen LogP contribution in [0.1, 0.15) is 51.7 Å². The van der Waals surface area contributed by atoms with Gasteiger partial charge >= 0.3 is 0 Å². The first-order valence-electron chi connectivity index (χ1n) is 11.5. The predicted octanol–water partition coefficient (Wildman–Crippen LogP) is 5.12. The number of ether oxygens (including phenoxy) is 2. The molecule has 6 nitrogen and oxygen atoms in total. The van der Waals surface area contributed by atoms with Gasteiger partial charge in [-0.2, -0.15) is 0 Å². The van der Waals surface area contributed by atoms with Crippen molar-refractivity contribution in [3.63, 3.8) is 0 Å². The van der Waals surface area contributed by atoms with E-state index in [1.807, 2.05) is 63.2 Å². The second-order valence-electron chi connectivity index (χ2n) is 8.02. The highest BCUT2D eigenvalue weighted by Crippen LogP contribution is 2.26. The molecule has 0 aliphatic rings. The van der Waals surface area contributed by atoms with Gasteiger partial charge in [0.25, 0.3) is 5.91 Å². The fourth-order valence-corrected chi connectivity index (χ4v) is 3.97. The number of carbonyl (C=O) groups is 2. The fraction of sp³-hybridized carbons (Fsp3) is 0.462. The van der Waals surface area contributed by atoms with Gasteiger partial charge in [-0.1, -0.05) is 39.0 Å². The average Bonchev–Trinajstić information content (AvgIpc) is 2.82. The molecule has 0 bridgehead atoms. The molecule has 2 amide bonds. The largest absolute Gasteiger partial charge is 0.497 e. The number of hydrogen-bond acceptors (Lipinski definition) is 4. The van der Waals surface area contributed by atoms with Crippen molar-refractivity contribution in [1.29, 1.82) is 0 Å². The van der Waals surface area contributed by atoms with Gasteiger partial charge in [-0.25, -0.2) is 0 Å². The Hall–Kier alpha value is -2.54. The Kier molecular flexibility index (Phi) is 10.7. The van der Waals surface area contributed by atoms with E-state index in [1.165, 1.54) is 5.56 Å². The molecule has 7 heteroatoms. The Morgan fingerprint density at radius 2 is 1.82 bits per heavy atom. The molecule has 0 fully saturated rings. The lowest BCUT2D eigenvalue weighted by Gasteiger charge is -2.31. The monoisotopic (exact) mass is 518 g/mol. The molecule has 2 rings (SSSR count). The SMILES string of the molecule is CCc1ccc(OCC(=O)N(Cc2cccc(OC)c2)[C@@H](CC)C(=O)N[C@@H](C)CC)c(Br)c1. The van der Waals surface area contributed by atoms with Crippen LogP contribution < -0.4 is 14.8 Å². The lowest BCUT2D eigenvalue weighted by Crippen LogP contribution is -2.51. The molecule has 0 spiro atoms. The number of amides is 2. The van der Waals surface area contributed by atoms with E-state index in [9.17, 15) is 9.59 Å². The fourth-order valence-electron chi connectivity index (χ4n) is 3.43. The predicted molar refractivity (Wildman–Crippen MR) is 135 cm³/mol. The molecule has 33 heavy (non-hydrogen) atoms. The summed E-state index contributed by atoms with van der Waals surface area (Å²) < 4.78 is 12.0. The zero-order valence-electron chi connectivity index (χ0n) is 20.2. The van der Waals surface area contributed by atoms with Crippen LogP contribution in [0.3, 0.4) is 0 Å². The molecule has 1 N–H and O–H groups in total. The van der Waals surface area contributed by atoms with E-state index >= 15 is 0 Å².